The third-order valence-corrected chi connectivity index (χ3v) is 3.02. The van der Waals surface area contributed by atoms with Gasteiger partial charge in [0.25, 0.3) is 0 Å². The van der Waals surface area contributed by atoms with E-state index in [4.69, 9.17) is 5.11 Å². The molecule has 6 heteroatoms. The first-order valence-electron chi connectivity index (χ1n) is 6.89. The molecule has 0 saturated heterocycles. The van der Waals surface area contributed by atoms with Crippen molar-refractivity contribution in [2.75, 3.05) is 18.4 Å². The van der Waals surface area contributed by atoms with Crippen LogP contribution in [0, 0.1) is 5.82 Å². The average Bonchev–Trinajstić information content (AvgIpc) is 2.36. The van der Waals surface area contributed by atoms with E-state index in [0.29, 0.717) is 18.7 Å². The smallest absolute Gasteiger partial charge is 0.303 e. The number of carbonyl (C=O) groups is 2. The predicted octanol–water partition coefficient (Wildman–Crippen LogP) is 2.34. The summed E-state index contributed by atoms with van der Waals surface area (Å²) >= 11 is 0. The minimum absolute atomic E-state index is 0.0781. The standard InChI is InChI=1S/C15H21FN2O3/c1-11(2)18(8-4-7-15(20)21)10-14(19)17-13-6-3-5-12(16)9-13/h3,5-6,9,11H,4,7-8,10H2,1-2H3,(H,17,19)(H,20,21). The highest BCUT2D eigenvalue weighted by atomic mass is 19.1. The lowest BCUT2D eigenvalue weighted by molar-refractivity contribution is -0.137. The fourth-order valence-electron chi connectivity index (χ4n) is 1.90. The molecule has 0 bridgehead atoms. The van der Waals surface area contributed by atoms with Crippen LogP contribution < -0.4 is 5.32 Å². The van der Waals surface area contributed by atoms with Gasteiger partial charge in [-0.05, 0) is 45.0 Å². The number of anilines is 1. The molecule has 0 unspecified atom stereocenters. The second-order valence-corrected chi connectivity index (χ2v) is 5.12. The summed E-state index contributed by atoms with van der Waals surface area (Å²) in [5.74, 6) is -1.50. The quantitative estimate of drug-likeness (QED) is 0.772. The van der Waals surface area contributed by atoms with Crippen LogP contribution in [0.5, 0.6) is 0 Å². The zero-order valence-electron chi connectivity index (χ0n) is 12.3. The van der Waals surface area contributed by atoms with Crippen LogP contribution in [0.15, 0.2) is 24.3 Å². The number of amides is 1. The number of aliphatic carboxylic acids is 1. The minimum Gasteiger partial charge on any atom is -0.481 e. The fourth-order valence-corrected chi connectivity index (χ4v) is 1.90. The van der Waals surface area contributed by atoms with Crippen molar-refractivity contribution in [3.05, 3.63) is 30.1 Å². The molecule has 0 aromatic heterocycles. The van der Waals surface area contributed by atoms with Crippen LogP contribution in [0.25, 0.3) is 0 Å². The number of rotatable bonds is 8. The van der Waals surface area contributed by atoms with Gasteiger partial charge in [-0.25, -0.2) is 4.39 Å². The number of halogens is 1. The number of benzene rings is 1. The lowest BCUT2D eigenvalue weighted by atomic mass is 10.2. The van der Waals surface area contributed by atoms with Crippen molar-refractivity contribution < 1.29 is 19.1 Å². The minimum atomic E-state index is -0.845. The Morgan fingerprint density at radius 1 is 1.38 bits per heavy atom. The van der Waals surface area contributed by atoms with E-state index in [0.717, 1.165) is 0 Å². The van der Waals surface area contributed by atoms with Crippen molar-refractivity contribution in [2.45, 2.75) is 32.7 Å². The molecule has 0 aliphatic heterocycles. The van der Waals surface area contributed by atoms with Gasteiger partial charge >= 0.3 is 5.97 Å². The van der Waals surface area contributed by atoms with Crippen LogP contribution in [0.4, 0.5) is 10.1 Å². The van der Waals surface area contributed by atoms with Gasteiger partial charge in [0.2, 0.25) is 5.91 Å². The molecule has 1 aromatic carbocycles. The molecule has 0 aliphatic carbocycles. The summed E-state index contributed by atoms with van der Waals surface area (Å²) in [5, 5.41) is 11.3. The number of carbonyl (C=O) groups excluding carboxylic acids is 1. The molecule has 1 aromatic rings. The topological polar surface area (TPSA) is 69.6 Å². The Bertz CT molecular complexity index is 492. The van der Waals surface area contributed by atoms with Gasteiger partial charge < -0.3 is 10.4 Å². The molecule has 0 atom stereocenters. The van der Waals surface area contributed by atoms with E-state index in [2.05, 4.69) is 5.32 Å². The molecule has 2 N–H and O–H groups in total. The Labute approximate surface area is 123 Å². The van der Waals surface area contributed by atoms with Gasteiger partial charge in [0.1, 0.15) is 5.82 Å². The first-order valence-corrected chi connectivity index (χ1v) is 6.89. The molecule has 116 valence electrons. The maximum atomic E-state index is 13.0. The van der Waals surface area contributed by atoms with Crippen LogP contribution in [0.2, 0.25) is 0 Å². The van der Waals surface area contributed by atoms with Gasteiger partial charge in [-0.15, -0.1) is 0 Å². The molecule has 5 nitrogen and oxygen atoms in total. The number of carboxylic acids is 1. The van der Waals surface area contributed by atoms with Gasteiger partial charge in [-0.1, -0.05) is 6.07 Å². The SMILES string of the molecule is CC(C)N(CCCC(=O)O)CC(=O)Nc1cccc(F)c1. The largest absolute Gasteiger partial charge is 0.481 e. The van der Waals surface area contributed by atoms with E-state index in [9.17, 15) is 14.0 Å². The molecule has 1 amide bonds. The fraction of sp³-hybridized carbons (Fsp3) is 0.467. The number of nitrogens with one attached hydrogen (secondary N) is 1. The Kier molecular flexibility index (Phi) is 6.81. The Morgan fingerprint density at radius 2 is 2.10 bits per heavy atom. The molecule has 1 rings (SSSR count). The second kappa shape index (κ2) is 8.36. The summed E-state index contributed by atoms with van der Waals surface area (Å²) in [7, 11) is 0. The molecule has 0 radical (unpaired) electrons. The zero-order chi connectivity index (χ0) is 15.8. The summed E-state index contributed by atoms with van der Waals surface area (Å²) < 4.78 is 13.0. The van der Waals surface area contributed by atoms with Crippen molar-refractivity contribution in [3.8, 4) is 0 Å². The van der Waals surface area contributed by atoms with Crippen molar-refractivity contribution in [3.63, 3.8) is 0 Å². The lowest BCUT2D eigenvalue weighted by Gasteiger charge is -2.25. The van der Waals surface area contributed by atoms with Crippen LogP contribution in [0.1, 0.15) is 26.7 Å². The van der Waals surface area contributed by atoms with E-state index in [1.807, 2.05) is 18.7 Å². The molecule has 0 aliphatic rings. The third kappa shape index (κ3) is 6.85. The summed E-state index contributed by atoms with van der Waals surface area (Å²) in [6, 6.07) is 5.82. The second-order valence-electron chi connectivity index (χ2n) is 5.12. The van der Waals surface area contributed by atoms with Gasteiger partial charge in [0.05, 0.1) is 6.54 Å². The molecule has 0 saturated carbocycles. The van der Waals surface area contributed by atoms with Gasteiger partial charge in [-0.3, -0.25) is 14.5 Å². The summed E-state index contributed by atoms with van der Waals surface area (Å²) in [4.78, 5) is 24.3. The van der Waals surface area contributed by atoms with Crippen LogP contribution in [-0.4, -0.2) is 41.0 Å². The zero-order valence-corrected chi connectivity index (χ0v) is 12.3. The lowest BCUT2D eigenvalue weighted by Crippen LogP contribution is -2.38. The van der Waals surface area contributed by atoms with Crippen LogP contribution in [0.3, 0.4) is 0 Å². The van der Waals surface area contributed by atoms with E-state index in [1.54, 1.807) is 6.07 Å². The van der Waals surface area contributed by atoms with Crippen molar-refractivity contribution in [2.24, 2.45) is 0 Å². The third-order valence-electron chi connectivity index (χ3n) is 3.02. The van der Waals surface area contributed by atoms with Crippen molar-refractivity contribution in [1.82, 2.24) is 4.90 Å². The number of hydrogen-bond acceptors (Lipinski definition) is 3. The summed E-state index contributed by atoms with van der Waals surface area (Å²) in [6.45, 7) is 4.56. The molecule has 0 fully saturated rings. The summed E-state index contributed by atoms with van der Waals surface area (Å²) in [6.07, 6.45) is 0.565. The Balaban J connectivity index is 2.50. The normalized spacial score (nSPS) is 10.9. The van der Waals surface area contributed by atoms with E-state index in [1.165, 1.54) is 18.2 Å². The maximum absolute atomic E-state index is 13.0. The molecular formula is C15H21FN2O3. The molecule has 0 heterocycles. The molecular weight excluding hydrogens is 275 g/mol. The first kappa shape index (κ1) is 17.1. The predicted molar refractivity (Wildman–Crippen MR) is 78.6 cm³/mol. The van der Waals surface area contributed by atoms with Crippen LogP contribution >= 0.6 is 0 Å². The van der Waals surface area contributed by atoms with Crippen molar-refractivity contribution in [1.29, 1.82) is 0 Å². The summed E-state index contributed by atoms with van der Waals surface area (Å²) in [5.41, 5.74) is 0.411. The van der Waals surface area contributed by atoms with Gasteiger partial charge in [0, 0.05) is 18.2 Å². The Morgan fingerprint density at radius 3 is 2.67 bits per heavy atom. The van der Waals surface area contributed by atoms with Crippen molar-refractivity contribution >= 4 is 17.6 Å². The van der Waals surface area contributed by atoms with Gasteiger partial charge in [0.15, 0.2) is 0 Å². The van der Waals surface area contributed by atoms with E-state index in [-0.39, 0.29) is 24.9 Å². The van der Waals surface area contributed by atoms with E-state index < -0.39 is 11.8 Å². The molecule has 21 heavy (non-hydrogen) atoms. The maximum Gasteiger partial charge on any atom is 0.303 e. The average molecular weight is 296 g/mol. The Hall–Kier alpha value is -1.95. The van der Waals surface area contributed by atoms with Crippen LogP contribution in [-0.2, 0) is 9.59 Å². The first-order chi connectivity index (χ1) is 9.88. The number of nitrogens with zero attached hydrogens (tertiary/aromatic N) is 1. The molecule has 0 spiro atoms. The monoisotopic (exact) mass is 296 g/mol. The van der Waals surface area contributed by atoms with Gasteiger partial charge in [-0.2, -0.15) is 0 Å². The number of hydrogen-bond donors (Lipinski definition) is 2. The van der Waals surface area contributed by atoms with E-state index >= 15 is 0 Å². The number of carboxylic acid groups (broad SMARTS) is 1. The highest BCUT2D eigenvalue weighted by Crippen LogP contribution is 2.09. The highest BCUT2D eigenvalue weighted by molar-refractivity contribution is 5.92. The highest BCUT2D eigenvalue weighted by Gasteiger charge is 2.14.